The third-order valence-corrected chi connectivity index (χ3v) is 9.92. The summed E-state index contributed by atoms with van der Waals surface area (Å²) in [5.74, 6) is 3.68. The van der Waals surface area contributed by atoms with Crippen molar-refractivity contribution in [3.05, 3.63) is 121 Å². The predicted molar refractivity (Wildman–Crippen MR) is 188 cm³/mol. The number of piperazine rings is 1. The van der Waals surface area contributed by atoms with Gasteiger partial charge in [-0.2, -0.15) is 0 Å². The number of nitrogens with zero attached hydrogens (tertiary/aromatic N) is 8. The van der Waals surface area contributed by atoms with Crippen LogP contribution in [0.2, 0.25) is 0 Å². The van der Waals surface area contributed by atoms with E-state index in [1.165, 1.54) is 0 Å². The molecular weight excluding hydrogens is 609 g/mol. The van der Waals surface area contributed by atoms with Crippen LogP contribution in [0.3, 0.4) is 0 Å². The first-order valence-electron chi connectivity index (χ1n) is 15.7. The Morgan fingerprint density at radius 1 is 0.435 bits per heavy atom. The van der Waals surface area contributed by atoms with Gasteiger partial charge in [0.25, 0.3) is 0 Å². The minimum atomic E-state index is 0.874. The minimum absolute atomic E-state index is 0.874. The van der Waals surface area contributed by atoms with Crippen molar-refractivity contribution in [3.8, 4) is 34.2 Å². The monoisotopic (exact) mass is 644 g/mol. The first-order valence-corrected chi connectivity index (χ1v) is 17.6. The van der Waals surface area contributed by atoms with Crippen molar-refractivity contribution in [2.75, 3.05) is 50.8 Å². The van der Waals surface area contributed by atoms with Crippen molar-refractivity contribution < 1.29 is 0 Å². The van der Waals surface area contributed by atoms with Gasteiger partial charge in [0.15, 0.2) is 22.0 Å². The summed E-state index contributed by atoms with van der Waals surface area (Å²) in [6, 6.07) is 41.4. The third-order valence-electron chi connectivity index (χ3n) is 8.10. The normalized spacial score (nSPS) is 14.1. The van der Waals surface area contributed by atoms with Crippen molar-refractivity contribution in [3.63, 3.8) is 0 Å². The van der Waals surface area contributed by atoms with Crippen LogP contribution in [-0.4, -0.2) is 90.1 Å². The van der Waals surface area contributed by atoms with Gasteiger partial charge < -0.3 is 0 Å². The maximum atomic E-state index is 4.60. The quantitative estimate of drug-likeness (QED) is 0.137. The van der Waals surface area contributed by atoms with E-state index in [9.17, 15) is 0 Å². The Balaban J connectivity index is 0.918. The van der Waals surface area contributed by atoms with Gasteiger partial charge in [0.1, 0.15) is 0 Å². The molecule has 232 valence electrons. The van der Waals surface area contributed by atoms with Crippen LogP contribution in [0.4, 0.5) is 0 Å². The molecule has 8 nitrogen and oxygen atoms in total. The molecule has 0 saturated carbocycles. The maximum Gasteiger partial charge on any atom is 0.196 e. The smallest absolute Gasteiger partial charge is 0.196 e. The van der Waals surface area contributed by atoms with Gasteiger partial charge in [0, 0.05) is 73.3 Å². The molecule has 1 saturated heterocycles. The van der Waals surface area contributed by atoms with Gasteiger partial charge in [-0.05, 0) is 24.3 Å². The van der Waals surface area contributed by atoms with Crippen LogP contribution in [0.25, 0.3) is 34.2 Å². The van der Waals surface area contributed by atoms with Crippen LogP contribution >= 0.6 is 23.5 Å². The fourth-order valence-corrected chi connectivity index (χ4v) is 7.57. The lowest BCUT2D eigenvalue weighted by Crippen LogP contribution is -2.47. The Morgan fingerprint density at radius 3 is 1.15 bits per heavy atom. The first kappa shape index (κ1) is 30.4. The molecule has 0 unspecified atom stereocenters. The Morgan fingerprint density at radius 2 is 0.783 bits per heavy atom. The number of rotatable bonds is 12. The van der Waals surface area contributed by atoms with Crippen molar-refractivity contribution in [2.45, 2.75) is 10.3 Å². The average Bonchev–Trinajstić information content (AvgIpc) is 3.75. The van der Waals surface area contributed by atoms with Crippen LogP contribution in [0.5, 0.6) is 0 Å². The fraction of sp³-hybridized carbons (Fsp3) is 0.222. The van der Waals surface area contributed by atoms with Gasteiger partial charge >= 0.3 is 0 Å². The molecule has 1 aliphatic rings. The fourth-order valence-electron chi connectivity index (χ4n) is 5.66. The number of para-hydroxylation sites is 2. The molecule has 1 fully saturated rings. The Labute approximate surface area is 278 Å². The summed E-state index contributed by atoms with van der Waals surface area (Å²) < 4.78 is 4.36. The van der Waals surface area contributed by atoms with E-state index >= 15 is 0 Å². The zero-order valence-electron chi connectivity index (χ0n) is 25.6. The van der Waals surface area contributed by atoms with E-state index in [1.54, 1.807) is 23.5 Å². The number of hydrogen-bond acceptors (Lipinski definition) is 8. The summed E-state index contributed by atoms with van der Waals surface area (Å²) in [6.07, 6.45) is 0. The van der Waals surface area contributed by atoms with Crippen LogP contribution in [0.1, 0.15) is 0 Å². The second-order valence-electron chi connectivity index (χ2n) is 11.1. The van der Waals surface area contributed by atoms with Crippen LogP contribution in [0.15, 0.2) is 132 Å². The minimum Gasteiger partial charge on any atom is -0.300 e. The number of benzene rings is 4. The molecule has 6 aromatic rings. The van der Waals surface area contributed by atoms with Crippen LogP contribution in [0, 0.1) is 0 Å². The van der Waals surface area contributed by atoms with E-state index in [-0.39, 0.29) is 0 Å². The molecule has 7 rings (SSSR count). The van der Waals surface area contributed by atoms with Gasteiger partial charge in [-0.1, -0.05) is 121 Å². The molecule has 0 spiro atoms. The Hall–Kier alpha value is -4.22. The molecule has 0 atom stereocenters. The molecule has 0 radical (unpaired) electrons. The molecule has 0 aliphatic carbocycles. The zero-order chi connectivity index (χ0) is 31.0. The number of hydrogen-bond donors (Lipinski definition) is 0. The number of thioether (sulfide) groups is 2. The number of aromatic nitrogens is 6. The van der Waals surface area contributed by atoms with E-state index in [1.807, 2.05) is 48.5 Å². The Kier molecular flexibility index (Phi) is 9.87. The molecule has 2 aromatic heterocycles. The zero-order valence-corrected chi connectivity index (χ0v) is 27.2. The summed E-state index contributed by atoms with van der Waals surface area (Å²) in [6.45, 7) is 6.35. The predicted octanol–water partition coefficient (Wildman–Crippen LogP) is 6.68. The Bertz CT molecular complexity index is 1670. The van der Waals surface area contributed by atoms with E-state index in [0.29, 0.717) is 0 Å². The molecule has 4 aromatic carbocycles. The topological polar surface area (TPSA) is 67.9 Å². The highest BCUT2D eigenvalue weighted by molar-refractivity contribution is 7.99. The van der Waals surface area contributed by atoms with E-state index in [2.05, 4.69) is 112 Å². The van der Waals surface area contributed by atoms with Gasteiger partial charge in [-0.15, -0.1) is 20.4 Å². The summed E-state index contributed by atoms with van der Waals surface area (Å²) in [4.78, 5) is 5.13. The SMILES string of the molecule is c1ccc(-c2nnc(SCCN3CCN(CCSc4nnc(-c5ccccc5)n4-c4ccccc4)CC3)n2-c2ccccc2)cc1. The molecule has 0 bridgehead atoms. The van der Waals surface area contributed by atoms with Crippen LogP contribution in [-0.2, 0) is 0 Å². The van der Waals surface area contributed by atoms with Gasteiger partial charge in [-0.25, -0.2) is 0 Å². The van der Waals surface area contributed by atoms with Crippen molar-refractivity contribution >= 4 is 23.5 Å². The molecule has 10 heteroatoms. The molecule has 1 aliphatic heterocycles. The maximum absolute atomic E-state index is 4.60. The lowest BCUT2D eigenvalue weighted by molar-refractivity contribution is 0.144. The largest absolute Gasteiger partial charge is 0.300 e. The summed E-state index contributed by atoms with van der Waals surface area (Å²) in [5, 5.41) is 20.2. The summed E-state index contributed by atoms with van der Waals surface area (Å²) >= 11 is 3.56. The first-order chi connectivity index (χ1) is 22.8. The molecule has 0 amide bonds. The highest BCUT2D eigenvalue weighted by atomic mass is 32.2. The lowest BCUT2D eigenvalue weighted by Gasteiger charge is -2.34. The van der Waals surface area contributed by atoms with Crippen molar-refractivity contribution in [1.29, 1.82) is 0 Å². The standard InChI is InChI=1S/C36H36N8S2/c1-5-13-29(14-6-1)33-37-39-35(43(33)31-17-9-3-10-18-31)45-27-25-41-21-23-42(24-22-41)26-28-46-36-40-38-34(30-15-7-2-8-16-30)44(36)32-19-11-4-12-20-32/h1-20H,21-28H2. The van der Waals surface area contributed by atoms with E-state index < -0.39 is 0 Å². The third kappa shape index (κ3) is 7.10. The van der Waals surface area contributed by atoms with Gasteiger partial charge in [0.2, 0.25) is 0 Å². The van der Waals surface area contributed by atoms with Gasteiger partial charge in [-0.3, -0.25) is 18.9 Å². The molecule has 46 heavy (non-hydrogen) atoms. The van der Waals surface area contributed by atoms with Crippen molar-refractivity contribution in [1.82, 2.24) is 39.3 Å². The molecule has 0 N–H and O–H groups in total. The highest BCUT2D eigenvalue weighted by Gasteiger charge is 2.20. The van der Waals surface area contributed by atoms with Crippen LogP contribution < -0.4 is 0 Å². The highest BCUT2D eigenvalue weighted by Crippen LogP contribution is 2.29. The second kappa shape index (κ2) is 14.9. The van der Waals surface area contributed by atoms with E-state index in [4.69, 9.17) is 0 Å². The van der Waals surface area contributed by atoms with Gasteiger partial charge in [0.05, 0.1) is 0 Å². The molecule has 3 heterocycles. The van der Waals surface area contributed by atoms with E-state index in [0.717, 1.165) is 95.2 Å². The second-order valence-corrected chi connectivity index (χ2v) is 13.2. The lowest BCUT2D eigenvalue weighted by atomic mass is 10.2. The average molecular weight is 645 g/mol. The molecular formula is C36H36N8S2. The summed E-state index contributed by atoms with van der Waals surface area (Å²) in [5.41, 5.74) is 4.30. The van der Waals surface area contributed by atoms with Crippen molar-refractivity contribution in [2.24, 2.45) is 0 Å². The summed E-state index contributed by atoms with van der Waals surface area (Å²) in [7, 11) is 0.